The Morgan fingerprint density at radius 2 is 2.35 bits per heavy atom. The predicted molar refractivity (Wildman–Crippen MR) is 73.6 cm³/mol. The van der Waals surface area contributed by atoms with Crippen LogP contribution in [-0.4, -0.2) is 5.97 Å². The second-order valence-electron chi connectivity index (χ2n) is 3.74. The maximum Gasteiger partial charge on any atom is 0.310 e. The van der Waals surface area contributed by atoms with Crippen LogP contribution in [0.15, 0.2) is 31.9 Å². The first-order valence-corrected chi connectivity index (χ1v) is 7.59. The molecule has 1 aliphatic heterocycles. The quantitative estimate of drug-likeness (QED) is 0.681. The van der Waals surface area contributed by atoms with Crippen LogP contribution in [-0.2, 0) is 10.5 Å². The molecule has 1 unspecified atom stereocenters. The number of furan rings is 1. The summed E-state index contributed by atoms with van der Waals surface area (Å²) in [6.07, 6.45) is 2.06. The van der Waals surface area contributed by atoms with Crippen molar-refractivity contribution in [1.82, 2.24) is 0 Å². The standard InChI is InChI=1S/C12H13BrO3S/c1-8-10(5-12(15-8)16-9(2)14)6-17-4-3-11(13)7-17/h3-5,7,17H,6H2,1-2H3. The van der Waals surface area contributed by atoms with Crippen LogP contribution in [0.4, 0.5) is 0 Å². The number of aryl methyl sites for hydroxylation is 1. The van der Waals surface area contributed by atoms with E-state index in [-0.39, 0.29) is 22.8 Å². The minimum atomic E-state index is -0.362. The predicted octanol–water partition coefficient (Wildman–Crippen LogP) is 3.78. The van der Waals surface area contributed by atoms with Crippen molar-refractivity contribution >= 4 is 32.8 Å². The zero-order valence-electron chi connectivity index (χ0n) is 9.57. The fourth-order valence-electron chi connectivity index (χ4n) is 1.55. The number of esters is 1. The van der Waals surface area contributed by atoms with Gasteiger partial charge in [0.05, 0.1) is 0 Å². The van der Waals surface area contributed by atoms with Crippen molar-refractivity contribution in [3.63, 3.8) is 0 Å². The number of hydrogen-bond acceptors (Lipinski definition) is 3. The minimum absolute atomic E-state index is 0.274. The normalized spacial score (nSPS) is 20.4. The lowest BCUT2D eigenvalue weighted by atomic mass is 10.3. The van der Waals surface area contributed by atoms with Crippen molar-refractivity contribution in [2.45, 2.75) is 19.6 Å². The molecule has 0 saturated heterocycles. The van der Waals surface area contributed by atoms with Gasteiger partial charge in [-0.05, 0) is 23.8 Å². The molecular formula is C12H13BrO3S. The van der Waals surface area contributed by atoms with E-state index >= 15 is 0 Å². The van der Waals surface area contributed by atoms with Crippen molar-refractivity contribution in [1.29, 1.82) is 0 Å². The van der Waals surface area contributed by atoms with Crippen LogP contribution in [0, 0.1) is 6.92 Å². The number of ether oxygens (including phenoxy) is 1. The van der Waals surface area contributed by atoms with E-state index in [4.69, 9.17) is 9.15 Å². The van der Waals surface area contributed by atoms with Gasteiger partial charge in [-0.1, -0.05) is 15.9 Å². The van der Waals surface area contributed by atoms with Gasteiger partial charge >= 0.3 is 5.97 Å². The number of rotatable bonds is 3. The van der Waals surface area contributed by atoms with E-state index in [2.05, 4.69) is 32.8 Å². The molecule has 0 saturated carbocycles. The van der Waals surface area contributed by atoms with Crippen molar-refractivity contribution in [3.05, 3.63) is 38.8 Å². The van der Waals surface area contributed by atoms with Gasteiger partial charge in [-0.2, -0.15) is 0 Å². The third-order valence-electron chi connectivity index (χ3n) is 2.31. The number of thiol groups is 1. The number of carbonyl (C=O) groups is 1. The SMILES string of the molecule is CC(=O)Oc1cc(C[SH]2C=CC(Br)=C2)c(C)o1. The summed E-state index contributed by atoms with van der Waals surface area (Å²) in [6, 6.07) is 1.80. The van der Waals surface area contributed by atoms with Gasteiger partial charge in [0.25, 0.3) is 5.95 Å². The molecule has 5 heteroatoms. The Balaban J connectivity index is 2.09. The number of halogens is 1. The molecule has 3 nitrogen and oxygen atoms in total. The zero-order valence-corrected chi connectivity index (χ0v) is 12.0. The van der Waals surface area contributed by atoms with Crippen molar-refractivity contribution < 1.29 is 13.9 Å². The van der Waals surface area contributed by atoms with Gasteiger partial charge < -0.3 is 9.15 Å². The first kappa shape index (κ1) is 12.5. The van der Waals surface area contributed by atoms with Crippen molar-refractivity contribution in [3.8, 4) is 5.95 Å². The Kier molecular flexibility index (Phi) is 3.79. The first-order chi connectivity index (χ1) is 8.04. The van der Waals surface area contributed by atoms with E-state index in [1.807, 2.05) is 6.92 Å². The van der Waals surface area contributed by atoms with Crippen molar-refractivity contribution in [2.75, 3.05) is 0 Å². The van der Waals surface area contributed by atoms with Gasteiger partial charge in [-0.25, -0.2) is 10.9 Å². The molecule has 0 fully saturated rings. The second kappa shape index (κ2) is 5.14. The summed E-state index contributed by atoms with van der Waals surface area (Å²) in [5, 5.41) is 4.39. The zero-order chi connectivity index (χ0) is 12.4. The molecule has 2 heterocycles. The van der Waals surface area contributed by atoms with Gasteiger partial charge in [0.1, 0.15) is 5.76 Å². The molecule has 0 amide bonds. The number of allylic oxidation sites excluding steroid dienone is 2. The van der Waals surface area contributed by atoms with Gasteiger partial charge in [-0.15, -0.1) is 0 Å². The van der Waals surface area contributed by atoms with Crippen LogP contribution in [0.1, 0.15) is 18.2 Å². The van der Waals surface area contributed by atoms with E-state index in [1.54, 1.807) is 6.07 Å². The van der Waals surface area contributed by atoms with Gasteiger partial charge in [-0.3, -0.25) is 4.79 Å². The molecule has 1 atom stereocenters. The highest BCUT2D eigenvalue weighted by Crippen LogP contribution is 2.42. The fourth-order valence-corrected chi connectivity index (χ4v) is 4.42. The van der Waals surface area contributed by atoms with E-state index in [9.17, 15) is 4.79 Å². The Labute approximate surface area is 111 Å². The van der Waals surface area contributed by atoms with Gasteiger partial charge in [0, 0.05) is 28.8 Å². The fraction of sp³-hybridized carbons (Fsp3) is 0.250. The highest BCUT2D eigenvalue weighted by atomic mass is 79.9. The van der Waals surface area contributed by atoms with Crippen LogP contribution in [0.25, 0.3) is 0 Å². The molecule has 1 aliphatic rings. The van der Waals surface area contributed by atoms with E-state index in [1.165, 1.54) is 6.92 Å². The summed E-state index contributed by atoms with van der Waals surface area (Å²) in [7, 11) is -0.274. The van der Waals surface area contributed by atoms with E-state index in [0.29, 0.717) is 0 Å². The molecular weight excluding hydrogens is 304 g/mol. The molecule has 1 aromatic heterocycles. The lowest BCUT2D eigenvalue weighted by Crippen LogP contribution is -1.99. The molecule has 0 aliphatic carbocycles. The highest BCUT2D eigenvalue weighted by molar-refractivity contribution is 9.12. The third-order valence-corrected chi connectivity index (χ3v) is 5.00. The summed E-state index contributed by atoms with van der Waals surface area (Å²) in [4.78, 5) is 10.8. The lowest BCUT2D eigenvalue weighted by Gasteiger charge is -2.07. The molecule has 92 valence electrons. The molecule has 0 aromatic carbocycles. The average molecular weight is 317 g/mol. The number of carbonyl (C=O) groups excluding carboxylic acids is 1. The summed E-state index contributed by atoms with van der Waals surface area (Å²) in [5.41, 5.74) is 1.09. The van der Waals surface area contributed by atoms with Gasteiger partial charge in [0.15, 0.2) is 0 Å². The molecule has 2 rings (SSSR count). The van der Waals surface area contributed by atoms with Crippen molar-refractivity contribution in [2.24, 2.45) is 0 Å². The number of hydrogen-bond donors (Lipinski definition) is 1. The van der Waals surface area contributed by atoms with Crippen LogP contribution >= 0.6 is 26.8 Å². The van der Waals surface area contributed by atoms with Crippen LogP contribution in [0.3, 0.4) is 0 Å². The smallest absolute Gasteiger partial charge is 0.310 e. The average Bonchev–Trinajstić information content (AvgIpc) is 2.74. The molecule has 0 spiro atoms. The maximum atomic E-state index is 10.8. The molecule has 0 N–H and O–H groups in total. The molecule has 0 radical (unpaired) electrons. The summed E-state index contributed by atoms with van der Waals surface area (Å²) >= 11 is 3.45. The largest absolute Gasteiger partial charge is 0.430 e. The minimum Gasteiger partial charge on any atom is -0.430 e. The first-order valence-electron chi connectivity index (χ1n) is 5.13. The third kappa shape index (κ3) is 3.26. The van der Waals surface area contributed by atoms with Crippen LogP contribution < -0.4 is 4.74 Å². The Bertz CT molecular complexity index is 502. The summed E-state index contributed by atoms with van der Waals surface area (Å²) in [6.45, 7) is 3.25. The Morgan fingerprint density at radius 3 is 2.94 bits per heavy atom. The Morgan fingerprint density at radius 1 is 1.59 bits per heavy atom. The van der Waals surface area contributed by atoms with E-state index in [0.717, 1.165) is 21.6 Å². The molecule has 0 bridgehead atoms. The van der Waals surface area contributed by atoms with Crippen LogP contribution in [0.5, 0.6) is 5.95 Å². The monoisotopic (exact) mass is 316 g/mol. The maximum absolute atomic E-state index is 10.8. The lowest BCUT2D eigenvalue weighted by molar-refractivity contribution is -0.133. The molecule has 1 aromatic rings. The summed E-state index contributed by atoms with van der Waals surface area (Å²) < 4.78 is 11.4. The highest BCUT2D eigenvalue weighted by Gasteiger charge is 2.13. The van der Waals surface area contributed by atoms with Crippen LogP contribution in [0.2, 0.25) is 0 Å². The Hall–Kier alpha value is -0.940. The van der Waals surface area contributed by atoms with E-state index < -0.39 is 0 Å². The molecule has 17 heavy (non-hydrogen) atoms. The van der Waals surface area contributed by atoms with Gasteiger partial charge in [0.2, 0.25) is 0 Å². The topological polar surface area (TPSA) is 39.4 Å². The second-order valence-corrected chi connectivity index (χ2v) is 6.56. The summed E-state index contributed by atoms with van der Waals surface area (Å²) in [5.74, 6) is 1.65.